The summed E-state index contributed by atoms with van der Waals surface area (Å²) >= 11 is 0. The normalized spacial score (nSPS) is 17.6. The maximum absolute atomic E-state index is 9.23. The molecule has 0 spiro atoms. The summed E-state index contributed by atoms with van der Waals surface area (Å²) in [5, 5.41) is 12.8. The lowest BCUT2D eigenvalue weighted by Gasteiger charge is -2.23. The molecule has 2 rings (SSSR count). The Morgan fingerprint density at radius 3 is 2.44 bits per heavy atom. The molecule has 0 heterocycles. The lowest BCUT2D eigenvalue weighted by molar-refractivity contribution is 0.279. The van der Waals surface area contributed by atoms with Gasteiger partial charge in [-0.05, 0) is 24.0 Å². The van der Waals surface area contributed by atoms with Crippen LogP contribution in [0.2, 0.25) is 0 Å². The minimum atomic E-state index is 0.141. The summed E-state index contributed by atoms with van der Waals surface area (Å²) in [6.07, 6.45) is 6.73. The van der Waals surface area contributed by atoms with Gasteiger partial charge in [-0.15, -0.1) is 0 Å². The molecule has 88 valence electrons. The first-order valence-electron chi connectivity index (χ1n) is 6.31. The molecule has 1 aliphatic rings. The molecule has 2 N–H and O–H groups in total. The van der Waals surface area contributed by atoms with Crippen LogP contribution >= 0.6 is 0 Å². The Kier molecular flexibility index (Phi) is 4.37. The Hall–Kier alpha value is -0.860. The van der Waals surface area contributed by atoms with E-state index in [2.05, 4.69) is 11.4 Å². The van der Waals surface area contributed by atoms with Gasteiger partial charge in [0.1, 0.15) is 0 Å². The molecule has 0 unspecified atom stereocenters. The second kappa shape index (κ2) is 6.02. The van der Waals surface area contributed by atoms with Gasteiger partial charge in [-0.3, -0.25) is 0 Å². The molecule has 0 atom stereocenters. The van der Waals surface area contributed by atoms with Crippen LogP contribution in [0.1, 0.15) is 43.2 Å². The Morgan fingerprint density at radius 1 is 1.06 bits per heavy atom. The molecule has 16 heavy (non-hydrogen) atoms. The quantitative estimate of drug-likeness (QED) is 0.816. The fraction of sp³-hybridized carbons (Fsp3) is 0.571. The summed E-state index contributed by atoms with van der Waals surface area (Å²) in [5.41, 5.74) is 2.28. The summed E-state index contributed by atoms with van der Waals surface area (Å²) in [7, 11) is 0. The molecule has 0 radical (unpaired) electrons. The molecule has 2 heteroatoms. The maximum atomic E-state index is 9.23. The average Bonchev–Trinajstić information content (AvgIpc) is 2.38. The van der Waals surface area contributed by atoms with E-state index in [9.17, 15) is 5.11 Å². The van der Waals surface area contributed by atoms with Crippen LogP contribution in [-0.2, 0) is 13.2 Å². The van der Waals surface area contributed by atoms with Crippen molar-refractivity contribution < 1.29 is 5.11 Å². The highest BCUT2D eigenvalue weighted by Gasteiger charge is 2.12. The van der Waals surface area contributed by atoms with E-state index in [1.54, 1.807) is 0 Å². The minimum Gasteiger partial charge on any atom is -0.392 e. The van der Waals surface area contributed by atoms with Gasteiger partial charge in [0.25, 0.3) is 0 Å². The number of aliphatic hydroxyl groups is 1. The summed E-state index contributed by atoms with van der Waals surface area (Å²) in [6, 6.07) is 8.80. The van der Waals surface area contributed by atoms with Crippen molar-refractivity contribution in [3.63, 3.8) is 0 Å². The van der Waals surface area contributed by atoms with Crippen LogP contribution in [0.25, 0.3) is 0 Å². The van der Waals surface area contributed by atoms with Crippen molar-refractivity contribution in [3.8, 4) is 0 Å². The monoisotopic (exact) mass is 219 g/mol. The Balaban J connectivity index is 1.88. The van der Waals surface area contributed by atoms with E-state index in [0.29, 0.717) is 6.04 Å². The standard InChI is InChI=1S/C14H21NO/c16-11-13-7-5-4-6-12(13)10-15-14-8-2-1-3-9-14/h4-7,14-16H,1-3,8-11H2. The van der Waals surface area contributed by atoms with E-state index in [1.807, 2.05) is 18.2 Å². The topological polar surface area (TPSA) is 32.3 Å². The second-order valence-corrected chi connectivity index (χ2v) is 4.64. The number of benzene rings is 1. The van der Waals surface area contributed by atoms with Crippen LogP contribution in [0.5, 0.6) is 0 Å². The predicted molar refractivity (Wildman–Crippen MR) is 66.1 cm³/mol. The van der Waals surface area contributed by atoms with Gasteiger partial charge < -0.3 is 10.4 Å². The fourth-order valence-corrected chi connectivity index (χ4v) is 2.45. The van der Waals surface area contributed by atoms with E-state index >= 15 is 0 Å². The number of hydrogen-bond acceptors (Lipinski definition) is 2. The molecule has 1 fully saturated rings. The number of rotatable bonds is 4. The molecule has 1 aromatic rings. The van der Waals surface area contributed by atoms with Crippen LogP contribution < -0.4 is 5.32 Å². The van der Waals surface area contributed by atoms with Crippen molar-refractivity contribution in [2.75, 3.05) is 0 Å². The van der Waals surface area contributed by atoms with Gasteiger partial charge in [0.2, 0.25) is 0 Å². The van der Waals surface area contributed by atoms with Crippen LogP contribution in [0, 0.1) is 0 Å². The van der Waals surface area contributed by atoms with Gasteiger partial charge in [-0.2, -0.15) is 0 Å². The molecule has 1 saturated carbocycles. The SMILES string of the molecule is OCc1ccccc1CNC1CCCCC1. The maximum Gasteiger partial charge on any atom is 0.0685 e. The molecule has 2 nitrogen and oxygen atoms in total. The first-order chi connectivity index (χ1) is 7.90. The van der Waals surface area contributed by atoms with Gasteiger partial charge in [-0.25, -0.2) is 0 Å². The number of hydrogen-bond donors (Lipinski definition) is 2. The average molecular weight is 219 g/mol. The summed E-state index contributed by atoms with van der Waals surface area (Å²) in [6.45, 7) is 1.03. The summed E-state index contributed by atoms with van der Waals surface area (Å²) < 4.78 is 0. The Morgan fingerprint density at radius 2 is 1.75 bits per heavy atom. The molecule has 0 amide bonds. The first kappa shape index (κ1) is 11.6. The highest BCUT2D eigenvalue weighted by atomic mass is 16.3. The first-order valence-corrected chi connectivity index (χ1v) is 6.31. The van der Waals surface area contributed by atoms with Crippen LogP contribution in [0.3, 0.4) is 0 Å². The smallest absolute Gasteiger partial charge is 0.0685 e. The highest BCUT2D eigenvalue weighted by Crippen LogP contribution is 2.18. The minimum absolute atomic E-state index is 0.141. The zero-order valence-electron chi connectivity index (χ0n) is 9.78. The van der Waals surface area contributed by atoms with Gasteiger partial charge in [0.15, 0.2) is 0 Å². The van der Waals surface area contributed by atoms with E-state index in [1.165, 1.54) is 37.7 Å². The second-order valence-electron chi connectivity index (χ2n) is 4.64. The molecule has 0 bridgehead atoms. The van der Waals surface area contributed by atoms with E-state index < -0.39 is 0 Å². The molecular weight excluding hydrogens is 198 g/mol. The number of aliphatic hydroxyl groups excluding tert-OH is 1. The van der Waals surface area contributed by atoms with Gasteiger partial charge >= 0.3 is 0 Å². The third kappa shape index (κ3) is 3.06. The zero-order chi connectivity index (χ0) is 11.2. The van der Waals surface area contributed by atoms with Gasteiger partial charge in [0.05, 0.1) is 6.61 Å². The Labute approximate surface area is 97.7 Å². The summed E-state index contributed by atoms with van der Waals surface area (Å²) in [4.78, 5) is 0. The van der Waals surface area contributed by atoms with Gasteiger partial charge in [-0.1, -0.05) is 43.5 Å². The van der Waals surface area contributed by atoms with Crippen molar-refractivity contribution in [2.45, 2.75) is 51.3 Å². The van der Waals surface area contributed by atoms with Gasteiger partial charge in [0, 0.05) is 12.6 Å². The van der Waals surface area contributed by atoms with E-state index in [-0.39, 0.29) is 6.61 Å². The molecular formula is C14H21NO. The molecule has 0 aromatic heterocycles. The third-order valence-corrected chi connectivity index (χ3v) is 3.48. The lowest BCUT2D eigenvalue weighted by Crippen LogP contribution is -2.30. The van der Waals surface area contributed by atoms with Crippen LogP contribution in [0.4, 0.5) is 0 Å². The molecule has 1 aliphatic carbocycles. The molecule has 0 saturated heterocycles. The van der Waals surface area contributed by atoms with Crippen molar-refractivity contribution in [1.82, 2.24) is 5.32 Å². The van der Waals surface area contributed by atoms with Crippen LogP contribution in [-0.4, -0.2) is 11.1 Å². The van der Waals surface area contributed by atoms with Crippen molar-refractivity contribution in [2.24, 2.45) is 0 Å². The Bertz CT molecular complexity index is 318. The van der Waals surface area contributed by atoms with Crippen molar-refractivity contribution in [1.29, 1.82) is 0 Å². The lowest BCUT2D eigenvalue weighted by atomic mass is 9.95. The largest absolute Gasteiger partial charge is 0.392 e. The highest BCUT2D eigenvalue weighted by molar-refractivity contribution is 5.26. The fourth-order valence-electron chi connectivity index (χ4n) is 2.45. The van der Waals surface area contributed by atoms with Crippen molar-refractivity contribution >= 4 is 0 Å². The van der Waals surface area contributed by atoms with E-state index in [4.69, 9.17) is 0 Å². The van der Waals surface area contributed by atoms with Crippen molar-refractivity contribution in [3.05, 3.63) is 35.4 Å². The third-order valence-electron chi connectivity index (χ3n) is 3.48. The molecule has 1 aromatic carbocycles. The summed E-state index contributed by atoms with van der Waals surface area (Å²) in [5.74, 6) is 0. The van der Waals surface area contributed by atoms with E-state index in [0.717, 1.165) is 12.1 Å². The predicted octanol–water partition coefficient (Wildman–Crippen LogP) is 2.60. The number of nitrogens with one attached hydrogen (secondary N) is 1. The zero-order valence-corrected chi connectivity index (χ0v) is 9.78. The van der Waals surface area contributed by atoms with Crippen LogP contribution in [0.15, 0.2) is 24.3 Å². The molecule has 0 aliphatic heterocycles.